The molecular formula is C15H19FN2O2. The van der Waals surface area contributed by atoms with E-state index in [1.54, 1.807) is 24.8 Å². The van der Waals surface area contributed by atoms with Crippen LogP contribution in [-0.4, -0.2) is 28.8 Å². The molecule has 20 heavy (non-hydrogen) atoms. The number of hydrogen-bond acceptors (Lipinski definition) is 2. The quantitative estimate of drug-likeness (QED) is 0.916. The molecule has 1 aromatic carbocycles. The fraction of sp³-hybridized carbons (Fsp3) is 0.467. The Hall–Kier alpha value is -1.91. The maximum absolute atomic E-state index is 13.1. The Bertz CT molecular complexity index is 545. The molecule has 0 radical (unpaired) electrons. The van der Waals surface area contributed by atoms with Crippen LogP contribution in [0.2, 0.25) is 0 Å². The number of carbonyl (C=O) groups is 2. The first-order valence-electron chi connectivity index (χ1n) is 6.80. The molecule has 4 nitrogen and oxygen atoms in total. The van der Waals surface area contributed by atoms with Crippen molar-refractivity contribution < 1.29 is 14.0 Å². The summed E-state index contributed by atoms with van der Waals surface area (Å²) in [6.45, 7) is 5.70. The van der Waals surface area contributed by atoms with Gasteiger partial charge in [0.05, 0.1) is 0 Å². The monoisotopic (exact) mass is 278 g/mol. The average Bonchev–Trinajstić information content (AvgIpc) is 2.41. The number of benzene rings is 1. The molecule has 0 spiro atoms. The summed E-state index contributed by atoms with van der Waals surface area (Å²) in [5, 5.41) is 2.71. The highest BCUT2D eigenvalue weighted by Gasteiger charge is 2.37. The van der Waals surface area contributed by atoms with Gasteiger partial charge in [-0.25, -0.2) is 4.39 Å². The van der Waals surface area contributed by atoms with Gasteiger partial charge in [-0.15, -0.1) is 0 Å². The molecule has 5 heteroatoms. The Kier molecular flexibility index (Phi) is 4.06. The number of rotatable bonds is 3. The van der Waals surface area contributed by atoms with Gasteiger partial charge in [0.25, 0.3) is 0 Å². The van der Waals surface area contributed by atoms with Crippen LogP contribution in [0, 0.1) is 12.7 Å². The van der Waals surface area contributed by atoms with E-state index < -0.39 is 12.1 Å². The fourth-order valence-corrected chi connectivity index (χ4v) is 2.40. The molecular weight excluding hydrogens is 259 g/mol. The summed E-state index contributed by atoms with van der Waals surface area (Å²) in [6.07, 6.45) is 0.566. The summed E-state index contributed by atoms with van der Waals surface area (Å²) in [5.41, 5.74) is 1.64. The lowest BCUT2D eigenvalue weighted by Gasteiger charge is -2.37. The first kappa shape index (κ1) is 14.5. The lowest BCUT2D eigenvalue weighted by atomic mass is 10.0. The molecule has 2 rings (SSSR count). The molecule has 2 atom stereocenters. The Morgan fingerprint density at radius 2 is 2.05 bits per heavy atom. The van der Waals surface area contributed by atoms with Crippen LogP contribution in [-0.2, 0) is 16.1 Å². The van der Waals surface area contributed by atoms with Crippen molar-refractivity contribution in [2.75, 3.05) is 0 Å². The predicted octanol–water partition coefficient (Wildman–Crippen LogP) is 1.76. The molecule has 0 saturated carbocycles. The van der Waals surface area contributed by atoms with Crippen LogP contribution in [0.15, 0.2) is 18.2 Å². The third kappa shape index (κ3) is 2.66. The summed E-state index contributed by atoms with van der Waals surface area (Å²) in [5.74, 6) is -0.520. The molecule has 1 heterocycles. The number of hydrogen-bond donors (Lipinski definition) is 1. The van der Waals surface area contributed by atoms with Gasteiger partial charge in [0.2, 0.25) is 11.8 Å². The number of piperazine rings is 1. The highest BCUT2D eigenvalue weighted by molar-refractivity contribution is 5.96. The fourth-order valence-electron chi connectivity index (χ4n) is 2.40. The second-order valence-corrected chi connectivity index (χ2v) is 5.18. The minimum atomic E-state index is -0.505. The van der Waals surface area contributed by atoms with Gasteiger partial charge in [-0.2, -0.15) is 0 Å². The van der Waals surface area contributed by atoms with Gasteiger partial charge in [-0.1, -0.05) is 13.0 Å². The van der Waals surface area contributed by atoms with E-state index in [0.29, 0.717) is 13.0 Å². The molecule has 1 N–H and O–H groups in total. The molecule has 108 valence electrons. The van der Waals surface area contributed by atoms with Crippen molar-refractivity contribution in [2.24, 2.45) is 0 Å². The lowest BCUT2D eigenvalue weighted by molar-refractivity contribution is -0.149. The minimum Gasteiger partial charge on any atom is -0.343 e. The number of carbonyl (C=O) groups excluding carboxylic acids is 2. The van der Waals surface area contributed by atoms with E-state index in [9.17, 15) is 14.0 Å². The van der Waals surface area contributed by atoms with Gasteiger partial charge in [0, 0.05) is 6.54 Å². The summed E-state index contributed by atoms with van der Waals surface area (Å²) in [4.78, 5) is 25.8. The third-order valence-electron chi connectivity index (χ3n) is 3.80. The zero-order valence-electron chi connectivity index (χ0n) is 11.9. The van der Waals surface area contributed by atoms with Gasteiger partial charge < -0.3 is 10.2 Å². The SMILES string of the molecule is CCC1NC(=O)C(C)N(Cc2ccc(F)cc2C)C1=O. The smallest absolute Gasteiger partial charge is 0.246 e. The summed E-state index contributed by atoms with van der Waals surface area (Å²) < 4.78 is 13.1. The van der Waals surface area contributed by atoms with E-state index in [1.165, 1.54) is 12.1 Å². The zero-order valence-corrected chi connectivity index (χ0v) is 11.9. The number of aryl methyl sites for hydroxylation is 1. The first-order chi connectivity index (χ1) is 9.43. The van der Waals surface area contributed by atoms with E-state index in [-0.39, 0.29) is 17.6 Å². The molecule has 1 aromatic rings. The number of nitrogens with one attached hydrogen (secondary N) is 1. The van der Waals surface area contributed by atoms with Crippen LogP contribution in [0.4, 0.5) is 4.39 Å². The van der Waals surface area contributed by atoms with Crippen molar-refractivity contribution >= 4 is 11.8 Å². The molecule has 0 aliphatic carbocycles. The van der Waals surface area contributed by atoms with Crippen molar-refractivity contribution in [3.8, 4) is 0 Å². The topological polar surface area (TPSA) is 49.4 Å². The molecule has 1 fully saturated rings. The normalized spacial score (nSPS) is 22.9. The molecule has 2 amide bonds. The summed E-state index contributed by atoms with van der Waals surface area (Å²) in [6, 6.07) is 3.51. The van der Waals surface area contributed by atoms with E-state index in [2.05, 4.69) is 5.32 Å². The van der Waals surface area contributed by atoms with Crippen LogP contribution in [0.1, 0.15) is 31.4 Å². The standard InChI is InChI=1S/C15H19FN2O2/c1-4-13-15(20)18(10(3)14(19)17-13)8-11-5-6-12(16)7-9(11)2/h5-7,10,13H,4,8H2,1-3H3,(H,17,19). The Labute approximate surface area is 118 Å². The number of halogens is 1. The molecule has 0 aromatic heterocycles. The van der Waals surface area contributed by atoms with Crippen molar-refractivity contribution in [3.63, 3.8) is 0 Å². The maximum atomic E-state index is 13.1. The zero-order chi connectivity index (χ0) is 14.9. The van der Waals surface area contributed by atoms with Crippen molar-refractivity contribution in [1.82, 2.24) is 10.2 Å². The minimum absolute atomic E-state index is 0.0803. The third-order valence-corrected chi connectivity index (χ3v) is 3.80. The van der Waals surface area contributed by atoms with E-state index >= 15 is 0 Å². The van der Waals surface area contributed by atoms with Crippen molar-refractivity contribution in [2.45, 2.75) is 45.8 Å². The van der Waals surface area contributed by atoms with Gasteiger partial charge in [0.15, 0.2) is 0 Å². The first-order valence-corrected chi connectivity index (χ1v) is 6.80. The van der Waals surface area contributed by atoms with Gasteiger partial charge in [-0.05, 0) is 43.5 Å². The molecule has 1 saturated heterocycles. The summed E-state index contributed by atoms with van der Waals surface area (Å²) in [7, 11) is 0. The van der Waals surface area contributed by atoms with Gasteiger partial charge in [0.1, 0.15) is 17.9 Å². The van der Waals surface area contributed by atoms with Crippen LogP contribution in [0.5, 0.6) is 0 Å². The second kappa shape index (κ2) is 5.61. The highest BCUT2D eigenvalue weighted by atomic mass is 19.1. The maximum Gasteiger partial charge on any atom is 0.246 e. The van der Waals surface area contributed by atoms with Crippen LogP contribution < -0.4 is 5.32 Å². The molecule has 1 aliphatic heterocycles. The molecule has 1 aliphatic rings. The Morgan fingerprint density at radius 1 is 1.35 bits per heavy atom. The largest absolute Gasteiger partial charge is 0.343 e. The molecule has 0 bridgehead atoms. The number of amides is 2. The van der Waals surface area contributed by atoms with E-state index in [4.69, 9.17) is 0 Å². The van der Waals surface area contributed by atoms with Gasteiger partial charge in [-0.3, -0.25) is 9.59 Å². The van der Waals surface area contributed by atoms with Crippen molar-refractivity contribution in [1.29, 1.82) is 0 Å². The van der Waals surface area contributed by atoms with Crippen LogP contribution >= 0.6 is 0 Å². The predicted molar refractivity (Wildman–Crippen MR) is 73.4 cm³/mol. The van der Waals surface area contributed by atoms with E-state index in [1.807, 2.05) is 6.92 Å². The lowest BCUT2D eigenvalue weighted by Crippen LogP contribution is -2.61. The Morgan fingerprint density at radius 3 is 2.65 bits per heavy atom. The average molecular weight is 278 g/mol. The highest BCUT2D eigenvalue weighted by Crippen LogP contribution is 2.18. The Balaban J connectivity index is 2.25. The number of nitrogens with zero attached hydrogens (tertiary/aromatic N) is 1. The van der Waals surface area contributed by atoms with Gasteiger partial charge >= 0.3 is 0 Å². The molecule has 2 unspecified atom stereocenters. The van der Waals surface area contributed by atoms with Crippen molar-refractivity contribution in [3.05, 3.63) is 35.1 Å². The van der Waals surface area contributed by atoms with Crippen LogP contribution in [0.3, 0.4) is 0 Å². The second-order valence-electron chi connectivity index (χ2n) is 5.18. The summed E-state index contributed by atoms with van der Waals surface area (Å²) >= 11 is 0. The van der Waals surface area contributed by atoms with E-state index in [0.717, 1.165) is 11.1 Å². The van der Waals surface area contributed by atoms with Crippen LogP contribution in [0.25, 0.3) is 0 Å².